The van der Waals surface area contributed by atoms with Crippen LogP contribution in [0.25, 0.3) is 11.3 Å². The lowest BCUT2D eigenvalue weighted by atomic mass is 9.83. The van der Waals surface area contributed by atoms with E-state index >= 15 is 0 Å². The van der Waals surface area contributed by atoms with E-state index in [1.165, 1.54) is 38.5 Å². The lowest BCUT2D eigenvalue weighted by Crippen LogP contribution is -2.18. The molecule has 0 aromatic carbocycles. The van der Waals surface area contributed by atoms with Gasteiger partial charge in [-0.05, 0) is 43.7 Å². The Bertz CT molecular complexity index is 582. The molecule has 2 heterocycles. The summed E-state index contributed by atoms with van der Waals surface area (Å²) in [5.41, 5.74) is 8.11. The van der Waals surface area contributed by atoms with Crippen LogP contribution in [0.1, 0.15) is 51.5 Å². The molecule has 0 aliphatic heterocycles. The molecular formula is C17H24N4. The third-order valence-electron chi connectivity index (χ3n) is 4.69. The van der Waals surface area contributed by atoms with E-state index in [-0.39, 0.29) is 0 Å². The number of anilines is 1. The molecule has 21 heavy (non-hydrogen) atoms. The van der Waals surface area contributed by atoms with Gasteiger partial charge < -0.3 is 10.3 Å². The summed E-state index contributed by atoms with van der Waals surface area (Å²) in [4.78, 5) is 8.54. The average molecular weight is 284 g/mol. The van der Waals surface area contributed by atoms with Gasteiger partial charge in [0.15, 0.2) is 0 Å². The summed E-state index contributed by atoms with van der Waals surface area (Å²) in [6, 6.07) is 4.51. The fourth-order valence-electron chi connectivity index (χ4n) is 3.56. The van der Waals surface area contributed by atoms with Gasteiger partial charge in [-0.15, -0.1) is 0 Å². The molecule has 0 amide bonds. The first-order valence-corrected chi connectivity index (χ1v) is 8.02. The largest absolute Gasteiger partial charge is 0.383 e. The van der Waals surface area contributed by atoms with Gasteiger partial charge in [0.2, 0.25) is 0 Å². The van der Waals surface area contributed by atoms with Crippen LogP contribution in [0.4, 0.5) is 5.82 Å². The second-order valence-electron chi connectivity index (χ2n) is 6.09. The van der Waals surface area contributed by atoms with Crippen molar-refractivity contribution in [1.29, 1.82) is 0 Å². The number of nitrogens with zero attached hydrogens (tertiary/aromatic N) is 3. The van der Waals surface area contributed by atoms with Crippen molar-refractivity contribution in [3.63, 3.8) is 0 Å². The number of aromatic nitrogens is 3. The van der Waals surface area contributed by atoms with Crippen molar-refractivity contribution in [2.24, 2.45) is 5.92 Å². The first-order valence-electron chi connectivity index (χ1n) is 8.02. The molecule has 2 N–H and O–H groups in total. The molecule has 4 nitrogen and oxygen atoms in total. The summed E-state index contributed by atoms with van der Waals surface area (Å²) in [5, 5.41) is 0. The van der Waals surface area contributed by atoms with E-state index in [2.05, 4.69) is 21.5 Å². The van der Waals surface area contributed by atoms with Gasteiger partial charge in [0.1, 0.15) is 5.82 Å². The third kappa shape index (κ3) is 2.94. The molecule has 0 spiro atoms. The van der Waals surface area contributed by atoms with Gasteiger partial charge in [-0.2, -0.15) is 0 Å². The molecule has 4 heteroatoms. The summed E-state index contributed by atoms with van der Waals surface area (Å²) >= 11 is 0. The Balaban J connectivity index is 1.79. The highest BCUT2D eigenvalue weighted by Crippen LogP contribution is 2.37. The molecule has 2 aromatic rings. The van der Waals surface area contributed by atoms with Crippen LogP contribution in [0.2, 0.25) is 0 Å². The number of imidazole rings is 1. The minimum absolute atomic E-state index is 0.551. The molecule has 1 saturated carbocycles. The fourth-order valence-corrected chi connectivity index (χ4v) is 3.56. The predicted octanol–water partition coefficient (Wildman–Crippen LogP) is 4.06. The van der Waals surface area contributed by atoms with Crippen molar-refractivity contribution in [3.05, 3.63) is 30.9 Å². The van der Waals surface area contributed by atoms with Gasteiger partial charge >= 0.3 is 0 Å². The van der Waals surface area contributed by atoms with Crippen LogP contribution in [0.15, 0.2) is 30.9 Å². The van der Waals surface area contributed by atoms with E-state index < -0.39 is 0 Å². The summed E-state index contributed by atoms with van der Waals surface area (Å²) in [7, 11) is 0. The second kappa shape index (κ2) is 6.29. The number of pyridine rings is 1. The first-order chi connectivity index (χ1) is 10.3. The Morgan fingerprint density at radius 1 is 1.29 bits per heavy atom. The van der Waals surface area contributed by atoms with Gasteiger partial charge in [-0.25, -0.2) is 9.97 Å². The number of nitrogens with two attached hydrogens (primary N) is 1. The zero-order valence-electron chi connectivity index (χ0n) is 12.7. The molecule has 0 bridgehead atoms. The molecule has 2 aromatic heterocycles. The van der Waals surface area contributed by atoms with Crippen molar-refractivity contribution in [1.82, 2.24) is 14.5 Å². The topological polar surface area (TPSA) is 56.7 Å². The summed E-state index contributed by atoms with van der Waals surface area (Å²) in [5.74, 6) is 1.50. The van der Waals surface area contributed by atoms with E-state index in [0.29, 0.717) is 11.9 Å². The van der Waals surface area contributed by atoms with E-state index in [9.17, 15) is 0 Å². The second-order valence-corrected chi connectivity index (χ2v) is 6.09. The lowest BCUT2D eigenvalue weighted by molar-refractivity contribution is 0.263. The lowest BCUT2D eigenvalue weighted by Gasteiger charge is -2.30. The predicted molar refractivity (Wildman–Crippen MR) is 85.8 cm³/mol. The van der Waals surface area contributed by atoms with Crippen LogP contribution >= 0.6 is 0 Å². The number of nitrogen functional groups attached to an aromatic ring is 1. The first kappa shape index (κ1) is 14.1. The van der Waals surface area contributed by atoms with E-state index in [0.717, 1.165) is 17.2 Å². The van der Waals surface area contributed by atoms with Crippen molar-refractivity contribution in [2.75, 3.05) is 5.73 Å². The average Bonchev–Trinajstić information content (AvgIpc) is 2.98. The zero-order valence-corrected chi connectivity index (χ0v) is 12.7. The highest BCUT2D eigenvalue weighted by atomic mass is 15.1. The molecule has 1 aliphatic carbocycles. The highest BCUT2D eigenvalue weighted by Gasteiger charge is 2.23. The zero-order chi connectivity index (χ0) is 14.7. The highest BCUT2D eigenvalue weighted by molar-refractivity contribution is 5.70. The minimum atomic E-state index is 0.551. The maximum atomic E-state index is 6.02. The monoisotopic (exact) mass is 284 g/mol. The molecule has 112 valence electrons. The van der Waals surface area contributed by atoms with Gasteiger partial charge in [0.25, 0.3) is 0 Å². The minimum Gasteiger partial charge on any atom is -0.383 e. The Morgan fingerprint density at radius 2 is 2.10 bits per heavy atom. The van der Waals surface area contributed by atoms with Crippen LogP contribution in [-0.2, 0) is 0 Å². The van der Waals surface area contributed by atoms with Crippen molar-refractivity contribution in [2.45, 2.75) is 51.5 Å². The summed E-state index contributed by atoms with van der Waals surface area (Å²) < 4.78 is 2.30. The van der Waals surface area contributed by atoms with Crippen LogP contribution in [0, 0.1) is 5.92 Å². The quantitative estimate of drug-likeness (QED) is 0.921. The summed E-state index contributed by atoms with van der Waals surface area (Å²) in [6.07, 6.45) is 13.4. The standard InChI is InChI=1S/C17H24N4/c1-2-4-13-6-8-14(9-7-13)21-12-19-11-16(21)15-5-3-10-20-17(15)18/h3,5,10-14H,2,4,6-9H2,1H3,(H2,18,20). The number of rotatable bonds is 4. The SMILES string of the molecule is CCCC1CCC(n2cncc2-c2cccnc2N)CC1. The Labute approximate surface area is 126 Å². The fraction of sp³-hybridized carbons (Fsp3) is 0.529. The van der Waals surface area contributed by atoms with E-state index in [1.54, 1.807) is 6.20 Å². The van der Waals surface area contributed by atoms with Crippen molar-refractivity contribution in [3.8, 4) is 11.3 Å². The normalized spacial score (nSPS) is 22.3. The van der Waals surface area contributed by atoms with E-state index in [4.69, 9.17) is 5.73 Å². The van der Waals surface area contributed by atoms with Crippen molar-refractivity contribution < 1.29 is 0 Å². The molecule has 0 unspecified atom stereocenters. The Morgan fingerprint density at radius 3 is 2.81 bits per heavy atom. The molecule has 3 rings (SSSR count). The molecule has 1 fully saturated rings. The maximum absolute atomic E-state index is 6.02. The molecule has 0 radical (unpaired) electrons. The molecule has 0 atom stereocenters. The Kier molecular flexibility index (Phi) is 4.23. The van der Waals surface area contributed by atoms with Crippen LogP contribution < -0.4 is 5.73 Å². The van der Waals surface area contributed by atoms with Crippen molar-refractivity contribution >= 4 is 5.82 Å². The molecule has 1 aliphatic rings. The summed E-state index contributed by atoms with van der Waals surface area (Å²) in [6.45, 7) is 2.28. The van der Waals surface area contributed by atoms with Crippen LogP contribution in [0.5, 0.6) is 0 Å². The maximum Gasteiger partial charge on any atom is 0.132 e. The van der Waals surface area contributed by atoms with Gasteiger partial charge in [-0.1, -0.05) is 19.8 Å². The van der Waals surface area contributed by atoms with Crippen LogP contribution in [-0.4, -0.2) is 14.5 Å². The van der Waals surface area contributed by atoms with Gasteiger partial charge in [-0.3, -0.25) is 0 Å². The molecule has 0 saturated heterocycles. The van der Waals surface area contributed by atoms with Gasteiger partial charge in [0, 0.05) is 17.8 Å². The smallest absolute Gasteiger partial charge is 0.132 e. The Hall–Kier alpha value is -1.84. The number of hydrogen-bond donors (Lipinski definition) is 1. The van der Waals surface area contributed by atoms with E-state index in [1.807, 2.05) is 24.7 Å². The van der Waals surface area contributed by atoms with Crippen LogP contribution in [0.3, 0.4) is 0 Å². The van der Waals surface area contributed by atoms with Gasteiger partial charge in [0.05, 0.1) is 18.2 Å². The number of hydrogen-bond acceptors (Lipinski definition) is 3. The third-order valence-corrected chi connectivity index (χ3v) is 4.69. The molecular weight excluding hydrogens is 260 g/mol.